The molecule has 0 atom stereocenters. The minimum absolute atomic E-state index is 0.0827. The summed E-state index contributed by atoms with van der Waals surface area (Å²) in [6, 6.07) is 0. The molecular weight excluding hydrogens is 288 g/mol. The molecule has 0 fully saturated rings. The number of rotatable bonds is 14. The Balaban J connectivity index is 3.03. The van der Waals surface area contributed by atoms with Gasteiger partial charge in [0.1, 0.15) is 0 Å². The van der Waals surface area contributed by atoms with Crippen LogP contribution in [-0.4, -0.2) is 25.5 Å². The fraction of sp³-hybridized carbons (Fsp3) is 1.00. The zero-order valence-electron chi connectivity index (χ0n) is 11.7. The molecular formula is C13H27ClO4S. The fourth-order valence-corrected chi connectivity index (χ4v) is 2.47. The standard InChI is InChI=1S/C13H27ClO4S/c14-12-10-8-6-4-2-1-3-5-7-9-11-13-18-19(15,16)17/h1-13H2,(H,15,16,17). The van der Waals surface area contributed by atoms with Crippen molar-refractivity contribution in [2.24, 2.45) is 0 Å². The molecule has 0 radical (unpaired) electrons. The number of unbranched alkanes of at least 4 members (excludes halogenated alkanes) is 10. The molecule has 19 heavy (non-hydrogen) atoms. The van der Waals surface area contributed by atoms with Gasteiger partial charge in [-0.15, -0.1) is 11.6 Å². The lowest BCUT2D eigenvalue weighted by atomic mass is 10.1. The Morgan fingerprint density at radius 3 is 1.47 bits per heavy atom. The number of hydrogen-bond donors (Lipinski definition) is 1. The van der Waals surface area contributed by atoms with E-state index in [9.17, 15) is 8.42 Å². The predicted molar refractivity (Wildman–Crippen MR) is 79.0 cm³/mol. The van der Waals surface area contributed by atoms with Gasteiger partial charge >= 0.3 is 10.4 Å². The zero-order chi connectivity index (χ0) is 14.4. The summed E-state index contributed by atoms with van der Waals surface area (Å²) in [7, 11) is -4.25. The molecule has 4 nitrogen and oxygen atoms in total. The van der Waals surface area contributed by atoms with Crippen LogP contribution in [-0.2, 0) is 14.6 Å². The van der Waals surface area contributed by atoms with Gasteiger partial charge in [0.05, 0.1) is 6.61 Å². The third kappa shape index (κ3) is 18.2. The Morgan fingerprint density at radius 1 is 0.737 bits per heavy atom. The zero-order valence-corrected chi connectivity index (χ0v) is 13.2. The van der Waals surface area contributed by atoms with Gasteiger partial charge in [0.25, 0.3) is 0 Å². The average Bonchev–Trinajstić information content (AvgIpc) is 2.34. The highest BCUT2D eigenvalue weighted by molar-refractivity contribution is 7.80. The summed E-state index contributed by atoms with van der Waals surface area (Å²) in [5.41, 5.74) is 0. The van der Waals surface area contributed by atoms with Crippen molar-refractivity contribution >= 4 is 22.0 Å². The molecule has 0 amide bonds. The Bertz CT molecular complexity index is 280. The highest BCUT2D eigenvalue weighted by Crippen LogP contribution is 2.11. The quantitative estimate of drug-likeness (QED) is 0.294. The van der Waals surface area contributed by atoms with E-state index in [-0.39, 0.29) is 6.61 Å². The van der Waals surface area contributed by atoms with Gasteiger partial charge in [0.2, 0.25) is 0 Å². The minimum atomic E-state index is -4.25. The predicted octanol–water partition coefficient (Wildman–Crippen LogP) is 4.34. The van der Waals surface area contributed by atoms with E-state index in [1.165, 1.54) is 44.9 Å². The SMILES string of the molecule is O=S(=O)(O)OCCCCCCCCCCCCCCl. The van der Waals surface area contributed by atoms with Crippen LogP contribution in [0.2, 0.25) is 0 Å². The van der Waals surface area contributed by atoms with E-state index in [1.807, 2.05) is 0 Å². The molecule has 0 saturated heterocycles. The summed E-state index contributed by atoms with van der Waals surface area (Å²) in [6.07, 6.45) is 12.7. The van der Waals surface area contributed by atoms with Gasteiger partial charge < -0.3 is 0 Å². The Hall–Kier alpha value is 0.160. The highest BCUT2D eigenvalue weighted by atomic mass is 35.5. The molecule has 0 aliphatic rings. The van der Waals surface area contributed by atoms with Gasteiger partial charge in [-0.1, -0.05) is 57.8 Å². The van der Waals surface area contributed by atoms with Crippen molar-refractivity contribution in [2.45, 2.75) is 70.6 Å². The molecule has 0 heterocycles. The van der Waals surface area contributed by atoms with Crippen LogP contribution in [0.1, 0.15) is 70.6 Å². The molecule has 0 aromatic carbocycles. The monoisotopic (exact) mass is 314 g/mol. The number of alkyl halides is 1. The second kappa shape index (κ2) is 13.2. The van der Waals surface area contributed by atoms with Gasteiger partial charge in [-0.05, 0) is 12.8 Å². The smallest absolute Gasteiger partial charge is 0.264 e. The van der Waals surface area contributed by atoms with Gasteiger partial charge in [-0.3, -0.25) is 4.55 Å². The summed E-state index contributed by atoms with van der Waals surface area (Å²) in [5.74, 6) is 0.779. The third-order valence-electron chi connectivity index (χ3n) is 3.01. The van der Waals surface area contributed by atoms with E-state index >= 15 is 0 Å². The second-order valence-corrected chi connectivity index (χ2v) is 6.30. The van der Waals surface area contributed by atoms with Crippen molar-refractivity contribution in [2.75, 3.05) is 12.5 Å². The molecule has 0 spiro atoms. The molecule has 0 aliphatic heterocycles. The van der Waals surface area contributed by atoms with Crippen LogP contribution in [0.15, 0.2) is 0 Å². The van der Waals surface area contributed by atoms with Crippen molar-refractivity contribution in [3.63, 3.8) is 0 Å². The van der Waals surface area contributed by atoms with Crippen molar-refractivity contribution in [1.29, 1.82) is 0 Å². The van der Waals surface area contributed by atoms with Crippen LogP contribution in [0.3, 0.4) is 0 Å². The summed E-state index contributed by atoms with van der Waals surface area (Å²) < 4.78 is 33.1. The molecule has 6 heteroatoms. The minimum Gasteiger partial charge on any atom is -0.264 e. The second-order valence-electron chi connectivity index (χ2n) is 4.83. The van der Waals surface area contributed by atoms with Crippen LogP contribution in [0, 0.1) is 0 Å². The van der Waals surface area contributed by atoms with Crippen LogP contribution < -0.4 is 0 Å². The maximum absolute atomic E-state index is 10.3. The normalized spacial score (nSPS) is 11.9. The molecule has 0 bridgehead atoms. The lowest BCUT2D eigenvalue weighted by Crippen LogP contribution is -2.04. The van der Waals surface area contributed by atoms with Crippen LogP contribution in [0.4, 0.5) is 0 Å². The first-order chi connectivity index (χ1) is 9.06. The summed E-state index contributed by atoms with van der Waals surface area (Å²) in [5, 5.41) is 0. The average molecular weight is 315 g/mol. The third-order valence-corrected chi connectivity index (χ3v) is 3.74. The molecule has 0 unspecified atom stereocenters. The van der Waals surface area contributed by atoms with Gasteiger partial charge in [-0.25, -0.2) is 4.18 Å². The van der Waals surface area contributed by atoms with Crippen LogP contribution in [0.25, 0.3) is 0 Å². The molecule has 0 saturated carbocycles. The van der Waals surface area contributed by atoms with E-state index in [4.69, 9.17) is 16.2 Å². The van der Waals surface area contributed by atoms with Gasteiger partial charge in [-0.2, -0.15) is 8.42 Å². The first-order valence-corrected chi connectivity index (χ1v) is 9.14. The van der Waals surface area contributed by atoms with E-state index in [1.54, 1.807) is 0 Å². The Morgan fingerprint density at radius 2 is 1.11 bits per heavy atom. The van der Waals surface area contributed by atoms with Gasteiger partial charge in [0, 0.05) is 5.88 Å². The summed E-state index contributed by atoms with van der Waals surface area (Å²) in [6.45, 7) is 0.0827. The Labute approximate surface area is 122 Å². The van der Waals surface area contributed by atoms with Crippen molar-refractivity contribution in [3.8, 4) is 0 Å². The molecule has 0 aliphatic carbocycles. The first kappa shape index (κ1) is 19.2. The van der Waals surface area contributed by atoms with Crippen molar-refractivity contribution < 1.29 is 17.2 Å². The molecule has 0 aromatic rings. The highest BCUT2D eigenvalue weighted by Gasteiger charge is 2.02. The van der Waals surface area contributed by atoms with E-state index in [0.29, 0.717) is 6.42 Å². The number of halogens is 1. The van der Waals surface area contributed by atoms with Crippen molar-refractivity contribution in [3.05, 3.63) is 0 Å². The van der Waals surface area contributed by atoms with E-state index in [2.05, 4.69) is 4.18 Å². The summed E-state index contributed by atoms with van der Waals surface area (Å²) in [4.78, 5) is 0. The maximum Gasteiger partial charge on any atom is 0.397 e. The van der Waals surface area contributed by atoms with E-state index < -0.39 is 10.4 Å². The molecule has 0 rings (SSSR count). The molecule has 1 N–H and O–H groups in total. The largest absolute Gasteiger partial charge is 0.397 e. The molecule has 116 valence electrons. The van der Waals surface area contributed by atoms with Crippen LogP contribution >= 0.6 is 11.6 Å². The maximum atomic E-state index is 10.3. The van der Waals surface area contributed by atoms with Crippen LogP contribution in [0.5, 0.6) is 0 Å². The first-order valence-electron chi connectivity index (χ1n) is 7.24. The summed E-state index contributed by atoms with van der Waals surface area (Å²) >= 11 is 5.60. The number of hydrogen-bond acceptors (Lipinski definition) is 3. The lowest BCUT2D eigenvalue weighted by Gasteiger charge is -2.02. The van der Waals surface area contributed by atoms with Gasteiger partial charge in [0.15, 0.2) is 0 Å². The Kier molecular flexibility index (Phi) is 13.3. The fourth-order valence-electron chi connectivity index (χ4n) is 1.95. The lowest BCUT2D eigenvalue weighted by molar-refractivity contribution is 0.261. The molecule has 0 aromatic heterocycles. The van der Waals surface area contributed by atoms with Crippen molar-refractivity contribution in [1.82, 2.24) is 0 Å². The topological polar surface area (TPSA) is 63.6 Å². The van der Waals surface area contributed by atoms with E-state index in [0.717, 1.165) is 25.1 Å².